The second kappa shape index (κ2) is 7.12. The summed E-state index contributed by atoms with van der Waals surface area (Å²) in [5.41, 5.74) is 0. The van der Waals surface area contributed by atoms with E-state index in [0.29, 0.717) is 25.1 Å². The first-order chi connectivity index (χ1) is 7.20. The van der Waals surface area contributed by atoms with Crippen LogP contribution in [0.3, 0.4) is 0 Å². The summed E-state index contributed by atoms with van der Waals surface area (Å²) in [5, 5.41) is 3.38. The molecular formula is C11H21F2NO. The second-order valence-electron chi connectivity index (χ2n) is 4.29. The largest absolute Gasteiger partial charge is 0.374 e. The van der Waals surface area contributed by atoms with Crippen molar-refractivity contribution in [3.63, 3.8) is 0 Å². The number of hydrogen-bond acceptors (Lipinski definition) is 2. The molecule has 0 radical (unpaired) electrons. The molecule has 0 aromatic heterocycles. The molecule has 1 rings (SSSR count). The average molecular weight is 221 g/mol. The molecule has 0 heterocycles. The Kier molecular flexibility index (Phi) is 6.10. The van der Waals surface area contributed by atoms with E-state index in [0.717, 1.165) is 0 Å². The van der Waals surface area contributed by atoms with Gasteiger partial charge in [0.15, 0.2) is 0 Å². The van der Waals surface area contributed by atoms with Crippen LogP contribution in [0.1, 0.15) is 32.6 Å². The first-order valence-electron chi connectivity index (χ1n) is 5.79. The van der Waals surface area contributed by atoms with Gasteiger partial charge in [0, 0.05) is 12.6 Å². The smallest absolute Gasteiger partial charge is 0.261 e. The standard InChI is InChI=1S/C11H21F2NO/c1-9-4-2-3-5-10(9)14-6-7-15-8-11(12)13/h9-11,14H,2-8H2,1H3. The Bertz CT molecular complexity index is 167. The highest BCUT2D eigenvalue weighted by Crippen LogP contribution is 2.23. The van der Waals surface area contributed by atoms with Crippen molar-refractivity contribution in [3.05, 3.63) is 0 Å². The molecule has 0 aromatic carbocycles. The zero-order valence-electron chi connectivity index (χ0n) is 9.35. The predicted molar refractivity (Wildman–Crippen MR) is 56.2 cm³/mol. The number of hydrogen-bond donors (Lipinski definition) is 1. The van der Waals surface area contributed by atoms with E-state index in [-0.39, 0.29) is 0 Å². The van der Waals surface area contributed by atoms with Crippen LogP contribution >= 0.6 is 0 Å². The molecule has 0 spiro atoms. The van der Waals surface area contributed by atoms with Gasteiger partial charge >= 0.3 is 0 Å². The van der Waals surface area contributed by atoms with E-state index in [9.17, 15) is 8.78 Å². The highest BCUT2D eigenvalue weighted by molar-refractivity contribution is 4.77. The lowest BCUT2D eigenvalue weighted by Gasteiger charge is -2.29. The topological polar surface area (TPSA) is 21.3 Å². The van der Waals surface area contributed by atoms with Crippen LogP contribution in [-0.2, 0) is 4.74 Å². The number of rotatable bonds is 6. The van der Waals surface area contributed by atoms with Gasteiger partial charge in [0.25, 0.3) is 6.43 Å². The number of ether oxygens (including phenoxy) is 1. The summed E-state index contributed by atoms with van der Waals surface area (Å²) in [7, 11) is 0. The maximum absolute atomic E-state index is 11.7. The number of nitrogens with one attached hydrogen (secondary N) is 1. The molecule has 1 fully saturated rings. The van der Waals surface area contributed by atoms with Gasteiger partial charge in [-0.3, -0.25) is 0 Å². The van der Waals surface area contributed by atoms with Gasteiger partial charge in [-0.2, -0.15) is 0 Å². The molecule has 90 valence electrons. The van der Waals surface area contributed by atoms with Gasteiger partial charge in [0.1, 0.15) is 6.61 Å². The molecule has 0 aliphatic heterocycles. The van der Waals surface area contributed by atoms with Crippen LogP contribution in [0.2, 0.25) is 0 Å². The van der Waals surface area contributed by atoms with E-state index in [1.165, 1.54) is 25.7 Å². The normalized spacial score (nSPS) is 27.2. The van der Waals surface area contributed by atoms with Crippen molar-refractivity contribution in [2.45, 2.75) is 45.1 Å². The molecule has 1 aliphatic carbocycles. The maximum atomic E-state index is 11.7. The van der Waals surface area contributed by atoms with Gasteiger partial charge in [0.05, 0.1) is 6.61 Å². The van der Waals surface area contributed by atoms with Crippen molar-refractivity contribution in [1.82, 2.24) is 5.32 Å². The third-order valence-electron chi connectivity index (χ3n) is 3.01. The summed E-state index contributed by atoms with van der Waals surface area (Å²) >= 11 is 0. The molecule has 2 unspecified atom stereocenters. The summed E-state index contributed by atoms with van der Waals surface area (Å²) in [6.45, 7) is 2.87. The lowest BCUT2D eigenvalue weighted by Crippen LogP contribution is -2.39. The van der Waals surface area contributed by atoms with Gasteiger partial charge in [-0.05, 0) is 18.8 Å². The SMILES string of the molecule is CC1CCCCC1NCCOCC(F)F. The van der Waals surface area contributed by atoms with Crippen molar-refractivity contribution in [2.24, 2.45) is 5.92 Å². The molecule has 4 heteroatoms. The minimum Gasteiger partial charge on any atom is -0.374 e. The first-order valence-corrected chi connectivity index (χ1v) is 5.79. The molecular weight excluding hydrogens is 200 g/mol. The average Bonchev–Trinajstić information content (AvgIpc) is 2.20. The van der Waals surface area contributed by atoms with Gasteiger partial charge in [-0.15, -0.1) is 0 Å². The molecule has 1 N–H and O–H groups in total. The molecule has 0 amide bonds. The van der Waals surface area contributed by atoms with Crippen LogP contribution in [0.5, 0.6) is 0 Å². The third-order valence-corrected chi connectivity index (χ3v) is 3.01. The fourth-order valence-corrected chi connectivity index (χ4v) is 2.11. The van der Waals surface area contributed by atoms with Crippen LogP contribution in [0.15, 0.2) is 0 Å². The van der Waals surface area contributed by atoms with Crippen molar-refractivity contribution >= 4 is 0 Å². The fourth-order valence-electron chi connectivity index (χ4n) is 2.11. The Morgan fingerprint density at radius 1 is 1.33 bits per heavy atom. The van der Waals surface area contributed by atoms with Crippen molar-refractivity contribution in [1.29, 1.82) is 0 Å². The highest BCUT2D eigenvalue weighted by atomic mass is 19.3. The Hall–Kier alpha value is -0.220. The van der Waals surface area contributed by atoms with E-state index in [4.69, 9.17) is 4.74 Å². The summed E-state index contributed by atoms with van der Waals surface area (Å²) in [5.74, 6) is 0.703. The third kappa shape index (κ3) is 5.42. The minimum absolute atomic E-state index is 0.382. The summed E-state index contributed by atoms with van der Waals surface area (Å²) in [6.07, 6.45) is 2.73. The van der Waals surface area contributed by atoms with Crippen LogP contribution < -0.4 is 5.32 Å². The predicted octanol–water partition coefficient (Wildman–Crippen LogP) is 2.44. The van der Waals surface area contributed by atoms with Crippen LogP contribution in [0.4, 0.5) is 8.78 Å². The summed E-state index contributed by atoms with van der Waals surface area (Å²) < 4.78 is 28.3. The van der Waals surface area contributed by atoms with Crippen LogP contribution in [-0.4, -0.2) is 32.2 Å². The molecule has 15 heavy (non-hydrogen) atoms. The number of alkyl halides is 2. The molecule has 1 saturated carbocycles. The van der Waals surface area contributed by atoms with E-state index < -0.39 is 13.0 Å². The summed E-state index contributed by atoms with van der Waals surface area (Å²) in [6, 6.07) is 0.550. The lowest BCUT2D eigenvalue weighted by molar-refractivity contribution is 0.0175. The molecule has 0 bridgehead atoms. The maximum Gasteiger partial charge on any atom is 0.261 e. The molecule has 1 aliphatic rings. The van der Waals surface area contributed by atoms with Crippen LogP contribution in [0.25, 0.3) is 0 Å². The van der Waals surface area contributed by atoms with E-state index >= 15 is 0 Å². The molecule has 2 nitrogen and oxygen atoms in total. The first kappa shape index (κ1) is 12.8. The fraction of sp³-hybridized carbons (Fsp3) is 1.00. The van der Waals surface area contributed by atoms with Crippen molar-refractivity contribution in [3.8, 4) is 0 Å². The van der Waals surface area contributed by atoms with Crippen LogP contribution in [0, 0.1) is 5.92 Å². The quantitative estimate of drug-likeness (QED) is 0.696. The molecule has 0 saturated heterocycles. The Morgan fingerprint density at radius 3 is 2.73 bits per heavy atom. The summed E-state index contributed by atoms with van der Waals surface area (Å²) in [4.78, 5) is 0. The molecule has 2 atom stereocenters. The molecule has 0 aromatic rings. The van der Waals surface area contributed by atoms with Gasteiger partial charge in [0.2, 0.25) is 0 Å². The Labute approximate surface area is 90.4 Å². The van der Waals surface area contributed by atoms with Gasteiger partial charge < -0.3 is 10.1 Å². The van der Waals surface area contributed by atoms with Crippen molar-refractivity contribution in [2.75, 3.05) is 19.8 Å². The highest BCUT2D eigenvalue weighted by Gasteiger charge is 2.19. The van der Waals surface area contributed by atoms with Crippen molar-refractivity contribution < 1.29 is 13.5 Å². The van der Waals surface area contributed by atoms with E-state index in [2.05, 4.69) is 12.2 Å². The van der Waals surface area contributed by atoms with E-state index in [1.54, 1.807) is 0 Å². The zero-order valence-corrected chi connectivity index (χ0v) is 9.35. The lowest BCUT2D eigenvalue weighted by atomic mass is 9.86. The van der Waals surface area contributed by atoms with Gasteiger partial charge in [-0.1, -0.05) is 19.8 Å². The number of halogens is 2. The zero-order chi connectivity index (χ0) is 11.1. The Balaban J connectivity index is 1.99. The monoisotopic (exact) mass is 221 g/mol. The Morgan fingerprint density at radius 2 is 2.07 bits per heavy atom. The second-order valence-corrected chi connectivity index (χ2v) is 4.29. The van der Waals surface area contributed by atoms with E-state index in [1.807, 2.05) is 0 Å². The minimum atomic E-state index is -2.35. The van der Waals surface area contributed by atoms with Gasteiger partial charge in [-0.25, -0.2) is 8.78 Å².